The largest absolute Gasteiger partial charge is 0.155 e. The maximum Gasteiger partial charge on any atom is 0.155 e. The van der Waals surface area contributed by atoms with Crippen molar-refractivity contribution < 1.29 is 0 Å². The van der Waals surface area contributed by atoms with E-state index in [1.807, 2.05) is 12.2 Å². The lowest BCUT2D eigenvalue weighted by Gasteiger charge is -2.03. The van der Waals surface area contributed by atoms with E-state index in [2.05, 4.69) is 60.7 Å². The van der Waals surface area contributed by atoms with E-state index >= 15 is 0 Å². The lowest BCUT2D eigenvalue weighted by molar-refractivity contribution is 1.55. The quantitative estimate of drug-likeness (QED) is 0.385. The second-order valence-corrected chi connectivity index (χ2v) is 4.66. The second kappa shape index (κ2) is 3.53. The van der Waals surface area contributed by atoms with Crippen molar-refractivity contribution in [1.82, 2.24) is 0 Å². The third kappa shape index (κ3) is 1.37. The zero-order valence-corrected chi connectivity index (χ0v) is 9.85. The van der Waals surface area contributed by atoms with E-state index in [1.54, 1.807) is 0 Å². The Morgan fingerprint density at radius 1 is 0.722 bits per heavy atom. The third-order valence-electron chi connectivity index (χ3n) is 3.48. The van der Waals surface area contributed by atoms with Gasteiger partial charge in [-0.05, 0) is 29.0 Å². The molecule has 82 valence electrons. The Morgan fingerprint density at radius 2 is 1.44 bits per heavy atom. The molecule has 0 saturated carbocycles. The molecule has 0 N–H and O–H groups in total. The van der Waals surface area contributed by atoms with E-state index < -0.39 is 0 Å². The summed E-state index contributed by atoms with van der Waals surface area (Å²) in [6.45, 7) is 0. The van der Waals surface area contributed by atoms with Gasteiger partial charge >= 0.3 is 0 Å². The van der Waals surface area contributed by atoms with Gasteiger partial charge in [-0.2, -0.15) is 0 Å². The summed E-state index contributed by atoms with van der Waals surface area (Å²) in [6.07, 6.45) is 9.43. The fourth-order valence-corrected chi connectivity index (χ4v) is 2.56. The van der Waals surface area contributed by atoms with Gasteiger partial charge in [0, 0.05) is 35.1 Å². The number of allylic oxidation sites excluding steroid dienone is 2. The highest BCUT2D eigenvalue weighted by Gasteiger charge is 2.11. The first-order valence-electron chi connectivity index (χ1n) is 6.13. The third-order valence-corrected chi connectivity index (χ3v) is 3.48. The van der Waals surface area contributed by atoms with Crippen LogP contribution in [0, 0.1) is 6.08 Å². The van der Waals surface area contributed by atoms with Gasteiger partial charge in [-0.3, -0.25) is 0 Å². The lowest BCUT2D eigenvalue weighted by Crippen LogP contribution is -1.87. The van der Waals surface area contributed by atoms with Crippen LogP contribution < -0.4 is 0 Å². The number of benzene rings is 3. The van der Waals surface area contributed by atoms with Gasteiger partial charge in [0.25, 0.3) is 0 Å². The van der Waals surface area contributed by atoms with Crippen molar-refractivity contribution in [3.05, 3.63) is 77.9 Å². The van der Waals surface area contributed by atoms with E-state index in [0.717, 1.165) is 0 Å². The van der Waals surface area contributed by atoms with Gasteiger partial charge in [0.15, 0.2) is 5.56 Å². The molecule has 0 atom stereocenters. The van der Waals surface area contributed by atoms with Crippen LogP contribution in [0.1, 0.15) is 11.1 Å². The van der Waals surface area contributed by atoms with Crippen LogP contribution in [0.2, 0.25) is 0 Å². The van der Waals surface area contributed by atoms with Crippen molar-refractivity contribution in [2.45, 2.75) is 0 Å². The molecule has 1 aliphatic rings. The normalized spacial score (nSPS) is 12.7. The molecule has 0 heteroatoms. The second-order valence-electron chi connectivity index (χ2n) is 4.66. The van der Waals surface area contributed by atoms with Gasteiger partial charge in [-0.25, -0.2) is 0 Å². The minimum Gasteiger partial charge on any atom is -0.0616 e. The fourth-order valence-electron chi connectivity index (χ4n) is 2.56. The van der Waals surface area contributed by atoms with Crippen molar-refractivity contribution in [3.63, 3.8) is 0 Å². The zero-order chi connectivity index (χ0) is 11.9. The molecule has 3 aromatic rings. The highest BCUT2D eigenvalue weighted by molar-refractivity contribution is 5.99. The topological polar surface area (TPSA) is 0 Å². The maximum absolute atomic E-state index is 3.29. The molecule has 0 aromatic heterocycles. The SMILES string of the molecule is [C+]1=CC=Cc2cc3cc4ccccc4cc3cc21. The van der Waals surface area contributed by atoms with E-state index in [1.165, 1.54) is 32.7 Å². The van der Waals surface area contributed by atoms with E-state index in [-0.39, 0.29) is 0 Å². The summed E-state index contributed by atoms with van der Waals surface area (Å²) in [5.41, 5.74) is 2.43. The summed E-state index contributed by atoms with van der Waals surface area (Å²) in [5, 5.41) is 5.16. The van der Waals surface area contributed by atoms with Gasteiger partial charge in [0.05, 0.1) is 11.6 Å². The minimum atomic E-state index is 1.18. The fraction of sp³-hybridized carbons (Fsp3) is 0. The molecule has 0 unspecified atom stereocenters. The van der Waals surface area contributed by atoms with Crippen LogP contribution >= 0.6 is 0 Å². The molecular weight excluding hydrogens is 216 g/mol. The molecule has 4 rings (SSSR count). The molecule has 18 heavy (non-hydrogen) atoms. The molecule has 0 bridgehead atoms. The summed E-state index contributed by atoms with van der Waals surface area (Å²) in [6, 6.07) is 17.5. The Morgan fingerprint density at radius 3 is 2.22 bits per heavy atom. The van der Waals surface area contributed by atoms with E-state index in [4.69, 9.17) is 0 Å². The van der Waals surface area contributed by atoms with Crippen LogP contribution in [0.15, 0.2) is 60.7 Å². The van der Waals surface area contributed by atoms with Gasteiger partial charge < -0.3 is 0 Å². The first-order valence-corrected chi connectivity index (χ1v) is 6.13. The van der Waals surface area contributed by atoms with Gasteiger partial charge in [0.2, 0.25) is 0 Å². The predicted molar refractivity (Wildman–Crippen MR) is 77.4 cm³/mol. The Labute approximate surface area is 106 Å². The summed E-state index contributed by atoms with van der Waals surface area (Å²) >= 11 is 0. The molecule has 0 fully saturated rings. The molecule has 0 nitrogen and oxygen atoms in total. The summed E-state index contributed by atoms with van der Waals surface area (Å²) in [7, 11) is 0. The Hall–Kier alpha value is -2.43. The van der Waals surface area contributed by atoms with E-state index in [0.29, 0.717) is 0 Å². The van der Waals surface area contributed by atoms with Crippen LogP contribution in [0.25, 0.3) is 27.6 Å². The number of rotatable bonds is 0. The molecule has 1 aliphatic carbocycles. The van der Waals surface area contributed by atoms with Crippen LogP contribution in [-0.4, -0.2) is 0 Å². The van der Waals surface area contributed by atoms with Crippen molar-refractivity contribution in [3.8, 4) is 0 Å². The summed E-state index contributed by atoms with van der Waals surface area (Å²) in [4.78, 5) is 0. The van der Waals surface area contributed by atoms with Gasteiger partial charge in [-0.1, -0.05) is 24.3 Å². The Balaban J connectivity index is 2.12. The first kappa shape index (κ1) is 9.58. The molecule has 0 spiro atoms. The lowest BCUT2D eigenvalue weighted by atomic mass is 9.96. The average molecular weight is 227 g/mol. The number of fused-ring (bicyclic) bond motifs is 3. The first-order chi connectivity index (χ1) is 8.90. The highest BCUT2D eigenvalue weighted by atomic mass is 14.1. The standard InChI is InChI=1S/C18H11/c1-2-6-14-10-18-12-16-8-4-3-7-15(16)11-17(18)9-13(14)5-1/h1-7,9-12H/q+1. The molecule has 0 saturated heterocycles. The van der Waals surface area contributed by atoms with Crippen LogP contribution in [-0.2, 0) is 0 Å². The van der Waals surface area contributed by atoms with Crippen LogP contribution in [0.5, 0.6) is 0 Å². The van der Waals surface area contributed by atoms with Crippen molar-refractivity contribution in [2.75, 3.05) is 0 Å². The maximum atomic E-state index is 3.29. The number of hydrogen-bond acceptors (Lipinski definition) is 0. The number of hydrogen-bond donors (Lipinski definition) is 0. The minimum absolute atomic E-state index is 1.18. The molecule has 0 heterocycles. The molecule has 3 aromatic carbocycles. The smallest absolute Gasteiger partial charge is 0.0616 e. The Bertz CT molecular complexity index is 750. The summed E-state index contributed by atoms with van der Waals surface area (Å²) < 4.78 is 0. The van der Waals surface area contributed by atoms with Crippen molar-refractivity contribution in [2.24, 2.45) is 0 Å². The molecule has 0 aliphatic heterocycles. The summed E-state index contributed by atoms with van der Waals surface area (Å²) in [5.74, 6) is 0. The zero-order valence-electron chi connectivity index (χ0n) is 9.85. The molecule has 0 radical (unpaired) electrons. The van der Waals surface area contributed by atoms with Gasteiger partial charge in [-0.15, -0.1) is 0 Å². The molecule has 0 amide bonds. The molecular formula is C18H11+. The average Bonchev–Trinajstić information content (AvgIpc) is 2.42. The van der Waals surface area contributed by atoms with Crippen LogP contribution in [0.4, 0.5) is 0 Å². The van der Waals surface area contributed by atoms with Crippen molar-refractivity contribution >= 4 is 27.6 Å². The Kier molecular flexibility index (Phi) is 1.88. The van der Waals surface area contributed by atoms with Crippen LogP contribution in [0.3, 0.4) is 0 Å². The monoisotopic (exact) mass is 227 g/mol. The highest BCUT2D eigenvalue weighted by Crippen LogP contribution is 2.27. The van der Waals surface area contributed by atoms with Crippen molar-refractivity contribution in [1.29, 1.82) is 0 Å². The van der Waals surface area contributed by atoms with E-state index in [9.17, 15) is 0 Å². The van der Waals surface area contributed by atoms with Gasteiger partial charge in [0.1, 0.15) is 0 Å². The predicted octanol–water partition coefficient (Wildman–Crippen LogP) is 4.73.